The number of ketones is 2. The summed E-state index contributed by atoms with van der Waals surface area (Å²) < 4.78 is 10.3. The zero-order valence-electron chi connectivity index (χ0n) is 32.3. The van der Waals surface area contributed by atoms with Crippen LogP contribution < -0.4 is 0 Å². The van der Waals surface area contributed by atoms with Crippen molar-refractivity contribution in [2.75, 3.05) is 13.2 Å². The number of nitrogens with zero attached hydrogens (tertiary/aromatic N) is 2. The second kappa shape index (κ2) is 21.5. The van der Waals surface area contributed by atoms with Crippen LogP contribution in [0.4, 0.5) is 11.4 Å². The molecule has 0 bridgehead atoms. The van der Waals surface area contributed by atoms with Gasteiger partial charge in [-0.1, -0.05) is 72.4 Å². The third-order valence-electron chi connectivity index (χ3n) is 8.93. The predicted molar refractivity (Wildman–Crippen MR) is 231 cm³/mol. The third-order valence-corrected chi connectivity index (χ3v) is 9.43. The molecule has 0 N–H and O–H groups in total. The number of Topliss-reactive ketones (excluding diaryl/α,β-unsaturated/α-hetero) is 2. The van der Waals surface area contributed by atoms with Crippen LogP contribution in [0, 0.1) is 27.7 Å². The van der Waals surface area contributed by atoms with E-state index >= 15 is 0 Å². The minimum absolute atomic E-state index is 0. The summed E-state index contributed by atoms with van der Waals surface area (Å²) in [5.41, 5.74) is 12.9. The molecule has 9 heteroatoms. The first kappa shape index (κ1) is 44.9. The fourth-order valence-corrected chi connectivity index (χ4v) is 6.28. The van der Waals surface area contributed by atoms with Gasteiger partial charge >= 0.3 is 11.9 Å². The zero-order valence-corrected chi connectivity index (χ0v) is 33.9. The highest BCUT2D eigenvalue weighted by Gasteiger charge is 2.20. The van der Waals surface area contributed by atoms with Crippen LogP contribution in [0.5, 0.6) is 0 Å². The predicted octanol–water partition coefficient (Wildman–Crippen LogP) is 10.6. The number of rotatable bonds is 7. The van der Waals surface area contributed by atoms with Crippen molar-refractivity contribution < 1.29 is 28.7 Å². The lowest BCUT2D eigenvalue weighted by atomic mass is 9.99. The number of carbonyl (C=O) groups is 4. The van der Waals surface area contributed by atoms with Crippen molar-refractivity contribution >= 4 is 68.3 Å². The first-order chi connectivity index (χ1) is 26.3. The van der Waals surface area contributed by atoms with Crippen LogP contribution in [-0.2, 0) is 41.5 Å². The van der Waals surface area contributed by atoms with Gasteiger partial charge in [-0.25, -0.2) is 9.59 Å². The number of carbonyl (C=O) groups excluding carboxylic acids is 4. The maximum absolute atomic E-state index is 12.4. The molecule has 2 aliphatic rings. The highest BCUT2D eigenvalue weighted by molar-refractivity contribution is 9.10. The van der Waals surface area contributed by atoms with E-state index in [1.807, 2.05) is 54.6 Å². The highest BCUT2D eigenvalue weighted by atomic mass is 79.9. The molecule has 4 aromatic carbocycles. The molecule has 0 unspecified atom stereocenters. The molecule has 4 aromatic rings. The molecule has 0 aromatic heterocycles. The average molecular weight is 820 g/mol. The van der Waals surface area contributed by atoms with Crippen LogP contribution >= 0.6 is 15.9 Å². The lowest BCUT2D eigenvalue weighted by Crippen LogP contribution is -2.09. The number of esters is 2. The number of ether oxygens (including phenoxy) is 2. The van der Waals surface area contributed by atoms with Crippen molar-refractivity contribution in [2.24, 2.45) is 9.98 Å². The summed E-state index contributed by atoms with van der Waals surface area (Å²) in [5.74, 6) is -0.355. The Morgan fingerprint density at radius 1 is 0.679 bits per heavy atom. The lowest BCUT2D eigenvalue weighted by molar-refractivity contribution is -0.138. The van der Waals surface area contributed by atoms with Gasteiger partial charge in [0.1, 0.15) is 11.6 Å². The molecule has 6 rings (SSSR count). The van der Waals surface area contributed by atoms with Gasteiger partial charge in [-0.2, -0.15) is 0 Å². The van der Waals surface area contributed by atoms with Gasteiger partial charge in [0.2, 0.25) is 0 Å². The second-order valence-corrected chi connectivity index (χ2v) is 14.1. The van der Waals surface area contributed by atoms with E-state index < -0.39 is 0 Å². The number of benzene rings is 4. The lowest BCUT2D eigenvalue weighted by Gasteiger charge is -2.07. The Morgan fingerprint density at radius 2 is 1.14 bits per heavy atom. The molecule has 0 amide bonds. The van der Waals surface area contributed by atoms with Gasteiger partial charge in [-0.15, -0.1) is 0 Å². The van der Waals surface area contributed by atoms with Crippen LogP contribution in [0.25, 0.3) is 6.08 Å². The van der Waals surface area contributed by atoms with E-state index in [4.69, 9.17) is 14.7 Å². The molecular weight excluding hydrogens is 768 g/mol. The van der Waals surface area contributed by atoms with E-state index in [9.17, 15) is 19.2 Å². The van der Waals surface area contributed by atoms with Crippen LogP contribution in [-0.4, -0.2) is 48.1 Å². The topological polar surface area (TPSA) is 111 Å². The number of aryl methyl sites for hydroxylation is 4. The van der Waals surface area contributed by atoms with E-state index in [1.165, 1.54) is 22.8 Å². The van der Waals surface area contributed by atoms with Crippen LogP contribution in [0.1, 0.15) is 84.2 Å². The molecule has 8 nitrogen and oxygen atoms in total. The Bertz CT molecular complexity index is 2200. The molecule has 0 spiro atoms. The Morgan fingerprint density at radius 3 is 1.61 bits per heavy atom. The van der Waals surface area contributed by atoms with Gasteiger partial charge in [0.05, 0.1) is 36.0 Å². The number of aliphatic imine (C=N–C) groups is 2. The van der Waals surface area contributed by atoms with Crippen molar-refractivity contribution in [1.29, 1.82) is 0 Å². The molecule has 0 fully saturated rings. The van der Waals surface area contributed by atoms with Gasteiger partial charge in [0.25, 0.3) is 0 Å². The standard InChI is InChI=1S/C23H23NO3.C18H16BrNO.C5H8O2.CH4/c1-4-27-23(26)9-8-17-6-5-7-18(12-17)22-14-20(25)13-19-10-15(2)16(3)11-21(19)24-22;1-11-6-14-9-16(21)10-18(20-17(14)7-12(11)2)13-4-3-5-15(19)8-13;1-3-5(6)7-4-2;/h5-12H,4,13-14H2,1-3H3;3-8H,9-10H2,1-2H3;3H,1,4H2,2H3;1H4/b9-8+;;;. The minimum atomic E-state index is -0.371. The highest BCUT2D eigenvalue weighted by Crippen LogP contribution is 2.30. The van der Waals surface area contributed by atoms with E-state index in [1.54, 1.807) is 19.9 Å². The van der Waals surface area contributed by atoms with E-state index in [0.717, 1.165) is 66.7 Å². The van der Waals surface area contributed by atoms with Crippen molar-refractivity contribution in [3.63, 3.8) is 0 Å². The van der Waals surface area contributed by atoms with E-state index in [-0.39, 0.29) is 30.9 Å². The van der Waals surface area contributed by atoms with Crippen LogP contribution in [0.3, 0.4) is 0 Å². The monoisotopic (exact) mass is 818 g/mol. The zero-order chi connectivity index (χ0) is 40.1. The van der Waals surface area contributed by atoms with Crippen LogP contribution in [0.2, 0.25) is 0 Å². The number of halogens is 1. The van der Waals surface area contributed by atoms with E-state index in [2.05, 4.69) is 73.1 Å². The Balaban J connectivity index is 0.000000258. The molecule has 292 valence electrons. The molecule has 0 aliphatic carbocycles. The second-order valence-electron chi connectivity index (χ2n) is 13.2. The molecule has 2 heterocycles. The Kier molecular flexibility index (Phi) is 17.2. The first-order valence-corrected chi connectivity index (χ1v) is 19.0. The summed E-state index contributed by atoms with van der Waals surface area (Å²) in [5, 5.41) is 0. The number of hydrogen-bond donors (Lipinski definition) is 0. The molecule has 0 radical (unpaired) electrons. The summed E-state index contributed by atoms with van der Waals surface area (Å²) in [4.78, 5) is 55.8. The van der Waals surface area contributed by atoms with Gasteiger partial charge in [0.15, 0.2) is 0 Å². The largest absolute Gasteiger partial charge is 0.463 e. The normalized spacial score (nSPS) is 13.1. The third kappa shape index (κ3) is 13.0. The minimum Gasteiger partial charge on any atom is -0.463 e. The van der Waals surface area contributed by atoms with Crippen molar-refractivity contribution in [2.45, 2.75) is 74.7 Å². The molecular formula is C47H51BrN2O6. The molecule has 2 aliphatic heterocycles. The quantitative estimate of drug-likeness (QED) is 0.136. The molecule has 0 saturated carbocycles. The van der Waals surface area contributed by atoms with Gasteiger partial charge in [-0.3, -0.25) is 19.6 Å². The van der Waals surface area contributed by atoms with Crippen molar-refractivity contribution in [3.8, 4) is 0 Å². The molecule has 56 heavy (non-hydrogen) atoms. The Hall–Kier alpha value is -5.54. The average Bonchev–Trinajstić information content (AvgIpc) is 3.41. The van der Waals surface area contributed by atoms with Crippen LogP contribution in [0.15, 0.2) is 106 Å². The summed E-state index contributed by atoms with van der Waals surface area (Å²) in [6.07, 6.45) is 5.83. The first-order valence-electron chi connectivity index (χ1n) is 18.2. The maximum Gasteiger partial charge on any atom is 0.330 e. The van der Waals surface area contributed by atoms with Gasteiger partial charge in [0, 0.05) is 42.3 Å². The smallest absolute Gasteiger partial charge is 0.330 e. The van der Waals surface area contributed by atoms with E-state index in [0.29, 0.717) is 38.9 Å². The van der Waals surface area contributed by atoms with Crippen molar-refractivity contribution in [1.82, 2.24) is 0 Å². The molecule has 0 atom stereocenters. The summed E-state index contributed by atoms with van der Waals surface area (Å²) >= 11 is 3.48. The summed E-state index contributed by atoms with van der Waals surface area (Å²) in [6.45, 7) is 15.8. The summed E-state index contributed by atoms with van der Waals surface area (Å²) in [6, 6.07) is 23.9. The SMILES string of the molecule is C.C=CC(=O)OCC.CCOC(=O)/C=C/c1cccc(C2=Nc3cc(C)c(C)cc3CC(=O)C2)c1.Cc1cc2c(cc1C)N=C(c1cccc(Br)c1)CC(=O)C2. The van der Waals surface area contributed by atoms with Crippen molar-refractivity contribution in [3.05, 3.63) is 146 Å². The van der Waals surface area contributed by atoms with Gasteiger partial charge < -0.3 is 9.47 Å². The Labute approximate surface area is 339 Å². The fourth-order valence-electron chi connectivity index (χ4n) is 5.88. The number of hydrogen-bond acceptors (Lipinski definition) is 8. The summed E-state index contributed by atoms with van der Waals surface area (Å²) in [7, 11) is 0. The maximum atomic E-state index is 12.4. The number of fused-ring (bicyclic) bond motifs is 2. The fraction of sp³-hybridized carbons (Fsp3) is 0.277. The molecule has 0 saturated heterocycles. The van der Waals surface area contributed by atoms with Gasteiger partial charge in [-0.05, 0) is 128 Å².